The van der Waals surface area contributed by atoms with E-state index in [1.807, 2.05) is 17.7 Å². The van der Waals surface area contributed by atoms with Gasteiger partial charge in [0.05, 0.1) is 11.1 Å². The van der Waals surface area contributed by atoms with E-state index >= 15 is 0 Å². The van der Waals surface area contributed by atoms with Crippen molar-refractivity contribution in [1.29, 1.82) is 0 Å². The van der Waals surface area contributed by atoms with Gasteiger partial charge in [0.2, 0.25) is 5.91 Å². The molecule has 0 spiro atoms. The van der Waals surface area contributed by atoms with Crippen LogP contribution in [0.25, 0.3) is 0 Å². The first-order valence-electron chi connectivity index (χ1n) is 6.97. The molecule has 1 aromatic rings. The van der Waals surface area contributed by atoms with Crippen LogP contribution in [0.15, 0.2) is 12.3 Å². The summed E-state index contributed by atoms with van der Waals surface area (Å²) in [6, 6.07) is 2.12. The summed E-state index contributed by atoms with van der Waals surface area (Å²) < 4.78 is 1.97. The molecule has 0 aromatic carbocycles. The fraction of sp³-hybridized carbons (Fsp3) is 0.571. The molecule has 1 atom stereocenters. The molecule has 1 saturated carbocycles. The molecule has 0 radical (unpaired) electrons. The van der Waals surface area contributed by atoms with E-state index in [0.29, 0.717) is 36.9 Å². The summed E-state index contributed by atoms with van der Waals surface area (Å²) in [5.41, 5.74) is 11.9. The number of carbonyl (C=O) groups is 2. The quantitative estimate of drug-likeness (QED) is 0.852. The molecule has 3 rings (SSSR count). The minimum absolute atomic E-state index is 0.0569. The maximum Gasteiger partial charge on any atom is 0.270 e. The molecule has 1 aliphatic heterocycles. The smallest absolute Gasteiger partial charge is 0.270 e. The molecule has 1 unspecified atom stereocenters. The molecule has 4 N–H and O–H groups in total. The highest BCUT2D eigenvalue weighted by molar-refractivity contribution is 5.95. The molecule has 1 aliphatic carbocycles. The average Bonchev–Trinajstić information content (AvgIpc) is 3.05. The number of aromatic nitrogens is 1. The van der Waals surface area contributed by atoms with Crippen molar-refractivity contribution in [1.82, 2.24) is 9.47 Å². The molecular formula is C14H20N4O2. The van der Waals surface area contributed by atoms with E-state index in [1.165, 1.54) is 0 Å². The third kappa shape index (κ3) is 2.05. The summed E-state index contributed by atoms with van der Waals surface area (Å²) in [7, 11) is 0. The van der Waals surface area contributed by atoms with Crippen LogP contribution in [0.5, 0.6) is 0 Å². The highest BCUT2D eigenvalue weighted by atomic mass is 16.2. The summed E-state index contributed by atoms with van der Waals surface area (Å²) >= 11 is 0. The first kappa shape index (κ1) is 13.0. The van der Waals surface area contributed by atoms with E-state index in [9.17, 15) is 9.59 Å². The Bertz CT molecular complexity index is 576. The third-order valence-corrected chi connectivity index (χ3v) is 4.38. The number of nitrogens with two attached hydrogens (primary N) is 2. The lowest BCUT2D eigenvalue weighted by Crippen LogP contribution is -2.39. The molecule has 108 valence electrons. The van der Waals surface area contributed by atoms with Crippen LogP contribution in [0.2, 0.25) is 0 Å². The van der Waals surface area contributed by atoms with Gasteiger partial charge in [-0.25, -0.2) is 0 Å². The van der Waals surface area contributed by atoms with Crippen molar-refractivity contribution in [3.05, 3.63) is 18.0 Å². The summed E-state index contributed by atoms with van der Waals surface area (Å²) in [6.45, 7) is 2.77. The number of primary amides is 1. The molecule has 1 aromatic heterocycles. The first-order chi connectivity index (χ1) is 9.40. The number of rotatable bonds is 3. The van der Waals surface area contributed by atoms with E-state index in [4.69, 9.17) is 11.5 Å². The van der Waals surface area contributed by atoms with Crippen molar-refractivity contribution in [2.45, 2.75) is 32.2 Å². The number of hydrogen-bond donors (Lipinski definition) is 2. The van der Waals surface area contributed by atoms with Crippen LogP contribution < -0.4 is 11.5 Å². The Labute approximate surface area is 117 Å². The minimum atomic E-state index is -0.613. The topological polar surface area (TPSA) is 94.3 Å². The number of carbonyl (C=O) groups excluding carboxylic acids is 2. The van der Waals surface area contributed by atoms with Gasteiger partial charge >= 0.3 is 0 Å². The Hall–Kier alpha value is -1.98. The van der Waals surface area contributed by atoms with Crippen LogP contribution >= 0.6 is 0 Å². The largest absolute Gasteiger partial charge is 0.397 e. The van der Waals surface area contributed by atoms with Gasteiger partial charge in [0.25, 0.3) is 5.91 Å². The molecule has 20 heavy (non-hydrogen) atoms. The zero-order valence-corrected chi connectivity index (χ0v) is 11.6. The van der Waals surface area contributed by atoms with Gasteiger partial charge in [0.15, 0.2) is 0 Å². The predicted molar refractivity (Wildman–Crippen MR) is 74.9 cm³/mol. The maximum atomic E-state index is 12.6. The molecule has 2 aliphatic rings. The van der Waals surface area contributed by atoms with Crippen molar-refractivity contribution < 1.29 is 9.59 Å². The van der Waals surface area contributed by atoms with Crippen molar-refractivity contribution in [3.8, 4) is 0 Å². The fourth-order valence-electron chi connectivity index (χ4n) is 2.82. The highest BCUT2D eigenvalue weighted by Gasteiger charge is 2.41. The second-order valence-electron chi connectivity index (χ2n) is 6.20. The molecule has 6 heteroatoms. The Morgan fingerprint density at radius 1 is 1.40 bits per heavy atom. The van der Waals surface area contributed by atoms with Crippen LogP contribution in [-0.4, -0.2) is 34.4 Å². The van der Waals surface area contributed by atoms with Crippen LogP contribution in [-0.2, 0) is 4.79 Å². The molecule has 2 fully saturated rings. The number of nitrogens with zero attached hydrogens (tertiary/aromatic N) is 2. The monoisotopic (exact) mass is 276 g/mol. The van der Waals surface area contributed by atoms with Crippen molar-refractivity contribution in [2.24, 2.45) is 11.1 Å². The van der Waals surface area contributed by atoms with E-state index in [-0.39, 0.29) is 11.8 Å². The fourth-order valence-corrected chi connectivity index (χ4v) is 2.82. The van der Waals surface area contributed by atoms with Gasteiger partial charge in [-0.3, -0.25) is 9.59 Å². The Balaban J connectivity index is 1.82. The van der Waals surface area contributed by atoms with E-state index in [0.717, 1.165) is 12.8 Å². The van der Waals surface area contributed by atoms with Gasteiger partial charge in [-0.2, -0.15) is 0 Å². The van der Waals surface area contributed by atoms with E-state index in [1.54, 1.807) is 11.0 Å². The zero-order valence-electron chi connectivity index (χ0n) is 11.6. The van der Waals surface area contributed by atoms with Gasteiger partial charge in [0.1, 0.15) is 5.69 Å². The number of amides is 2. The third-order valence-electron chi connectivity index (χ3n) is 4.38. The lowest BCUT2D eigenvalue weighted by molar-refractivity contribution is -0.126. The second-order valence-corrected chi connectivity index (χ2v) is 6.20. The molecule has 2 amide bonds. The predicted octanol–water partition coefficient (Wildman–Crippen LogP) is 0.743. The Morgan fingerprint density at radius 3 is 2.65 bits per heavy atom. The van der Waals surface area contributed by atoms with Crippen LogP contribution in [0, 0.1) is 5.41 Å². The first-order valence-corrected chi connectivity index (χ1v) is 6.97. The summed E-state index contributed by atoms with van der Waals surface area (Å²) in [5, 5.41) is 0. The molecule has 2 heterocycles. The summed E-state index contributed by atoms with van der Waals surface area (Å²) in [5.74, 6) is -0.400. The molecule has 0 bridgehead atoms. The number of likely N-dealkylation sites (tertiary alicyclic amines) is 1. The van der Waals surface area contributed by atoms with Crippen LogP contribution in [0.3, 0.4) is 0 Å². The van der Waals surface area contributed by atoms with Gasteiger partial charge in [-0.05, 0) is 32.3 Å². The summed E-state index contributed by atoms with van der Waals surface area (Å²) in [6.07, 6.45) is 4.63. The minimum Gasteiger partial charge on any atom is -0.397 e. The Kier molecular flexibility index (Phi) is 2.77. The number of hydrogen-bond acceptors (Lipinski definition) is 3. The molecular weight excluding hydrogens is 256 g/mol. The number of anilines is 1. The van der Waals surface area contributed by atoms with Gasteiger partial charge in [0, 0.05) is 25.3 Å². The van der Waals surface area contributed by atoms with E-state index in [2.05, 4.69) is 0 Å². The highest BCUT2D eigenvalue weighted by Crippen LogP contribution is 2.38. The second kappa shape index (κ2) is 4.26. The standard InChI is InChI=1S/C14H20N4O2/c1-14(13(16)20)4-5-17(8-14)12(19)11-6-9(15)7-18(11)10-2-3-10/h6-7,10H,2-5,8,15H2,1H3,(H2,16,20). The van der Waals surface area contributed by atoms with Crippen LogP contribution in [0.4, 0.5) is 5.69 Å². The van der Waals surface area contributed by atoms with Crippen LogP contribution in [0.1, 0.15) is 42.7 Å². The van der Waals surface area contributed by atoms with Crippen molar-refractivity contribution in [3.63, 3.8) is 0 Å². The molecule has 1 saturated heterocycles. The van der Waals surface area contributed by atoms with Crippen molar-refractivity contribution >= 4 is 17.5 Å². The SMILES string of the molecule is CC1(C(N)=O)CCN(C(=O)c2cc(N)cn2C2CC2)C1. The average molecular weight is 276 g/mol. The van der Waals surface area contributed by atoms with Gasteiger partial charge < -0.3 is 20.9 Å². The zero-order chi connectivity index (χ0) is 14.5. The maximum absolute atomic E-state index is 12.6. The van der Waals surface area contributed by atoms with Gasteiger partial charge in [-0.15, -0.1) is 0 Å². The lowest BCUT2D eigenvalue weighted by Gasteiger charge is -2.21. The summed E-state index contributed by atoms with van der Waals surface area (Å²) in [4.78, 5) is 25.8. The number of nitrogen functional groups attached to an aromatic ring is 1. The lowest BCUT2D eigenvalue weighted by atomic mass is 9.89. The van der Waals surface area contributed by atoms with Gasteiger partial charge in [-0.1, -0.05) is 0 Å². The van der Waals surface area contributed by atoms with Crippen molar-refractivity contribution in [2.75, 3.05) is 18.8 Å². The Morgan fingerprint density at radius 2 is 2.10 bits per heavy atom. The normalized spacial score (nSPS) is 25.9. The molecule has 6 nitrogen and oxygen atoms in total. The van der Waals surface area contributed by atoms with E-state index < -0.39 is 5.41 Å².